The van der Waals surface area contributed by atoms with Crippen molar-refractivity contribution in [3.8, 4) is 5.75 Å². The second kappa shape index (κ2) is 11.0. The fraction of sp³-hybridized carbons (Fsp3) is 0.409. The second-order valence-corrected chi connectivity index (χ2v) is 9.75. The minimum absolute atomic E-state index is 0.268. The lowest BCUT2D eigenvalue weighted by Crippen LogP contribution is -2.37. The van der Waals surface area contributed by atoms with Crippen molar-refractivity contribution in [3.05, 3.63) is 75.1 Å². The van der Waals surface area contributed by atoms with E-state index in [1.807, 2.05) is 4.98 Å². The zero-order valence-electron chi connectivity index (χ0n) is 21.8. The zero-order valence-corrected chi connectivity index (χ0v) is 19.7. The van der Waals surface area contributed by atoms with Gasteiger partial charge in [0.05, 0.1) is 6.10 Å². The van der Waals surface area contributed by atoms with E-state index in [0.29, 0.717) is 0 Å². The first kappa shape index (κ1) is 21.5. The molecule has 0 amide bonds. The zero-order chi connectivity index (χ0) is 27.4. The second-order valence-electron chi connectivity index (χ2n) is 7.70. The normalized spacial score (nSPS) is 21.8. The number of aromatic nitrogens is 2. The van der Waals surface area contributed by atoms with E-state index in [1.54, 1.807) is 44.2 Å². The maximum Gasteiger partial charge on any atom is 0.342 e. The number of nitrogens with one attached hydrogen (secondary N) is 2. The first-order valence-corrected chi connectivity index (χ1v) is 12.2. The lowest BCUT2D eigenvalue weighted by atomic mass is 10.3. The predicted molar refractivity (Wildman–Crippen MR) is 124 cm³/mol. The number of benzene rings is 1. The predicted octanol–water partition coefficient (Wildman–Crippen LogP) is 2.43. The van der Waals surface area contributed by atoms with Crippen LogP contribution in [0.5, 0.6) is 5.75 Å². The Bertz CT molecular complexity index is 1290. The van der Waals surface area contributed by atoms with Crippen LogP contribution in [0.4, 0.5) is 0 Å². The molecule has 2 heterocycles. The number of aryl methyl sites for hydroxylation is 1. The Morgan fingerprint density at radius 1 is 1.26 bits per heavy atom. The van der Waals surface area contributed by atoms with Crippen molar-refractivity contribution in [2.45, 2.75) is 52.3 Å². The smallest absolute Gasteiger partial charge is 0.342 e. The lowest BCUT2D eigenvalue weighted by Gasteiger charge is -2.25. The number of para-hydroxylation sites is 1. The van der Waals surface area contributed by atoms with Crippen LogP contribution in [0.1, 0.15) is 36.7 Å². The molecule has 0 bridgehead atoms. The molecule has 12 heteroatoms. The number of rotatable bonds is 10. The highest BCUT2D eigenvalue weighted by molar-refractivity contribution is 7.57. The molecule has 3 rings (SSSR count). The molecule has 11 nitrogen and oxygen atoms in total. The Morgan fingerprint density at radius 3 is 2.68 bits per heavy atom. The van der Waals surface area contributed by atoms with Crippen LogP contribution in [0, 0.1) is 6.85 Å². The van der Waals surface area contributed by atoms with Gasteiger partial charge in [-0.25, -0.2) is 9.88 Å². The summed E-state index contributed by atoms with van der Waals surface area (Å²) in [7, 11) is -3.86. The van der Waals surface area contributed by atoms with Gasteiger partial charge < -0.3 is 18.7 Å². The van der Waals surface area contributed by atoms with Gasteiger partial charge in [-0.05, 0) is 51.9 Å². The van der Waals surface area contributed by atoms with Gasteiger partial charge in [0.2, 0.25) is 0 Å². The van der Waals surface area contributed by atoms with E-state index in [-0.39, 0.29) is 11.9 Å². The molecule has 34 heavy (non-hydrogen) atoms. The van der Waals surface area contributed by atoms with Crippen molar-refractivity contribution in [1.29, 1.82) is 0 Å². The maximum absolute atomic E-state index is 13.6. The van der Waals surface area contributed by atoms with E-state index in [1.165, 1.54) is 19.1 Å². The number of nitrogens with zero attached hydrogens (tertiary/aromatic N) is 1. The van der Waals surface area contributed by atoms with E-state index < -0.39 is 62.1 Å². The van der Waals surface area contributed by atoms with Crippen LogP contribution in [0.3, 0.4) is 0 Å². The first-order chi connectivity index (χ1) is 17.3. The molecule has 0 fully saturated rings. The van der Waals surface area contributed by atoms with Gasteiger partial charge in [-0.1, -0.05) is 18.2 Å². The van der Waals surface area contributed by atoms with Crippen LogP contribution in [-0.4, -0.2) is 40.3 Å². The molecule has 0 aliphatic carbocycles. The van der Waals surface area contributed by atoms with Crippen molar-refractivity contribution in [2.24, 2.45) is 0 Å². The van der Waals surface area contributed by atoms with E-state index in [0.717, 1.165) is 10.8 Å². The van der Waals surface area contributed by atoms with Crippen molar-refractivity contribution in [1.82, 2.24) is 14.6 Å². The summed E-state index contributed by atoms with van der Waals surface area (Å²) < 4.78 is 59.0. The largest absolute Gasteiger partial charge is 0.462 e. The van der Waals surface area contributed by atoms with Gasteiger partial charge in [-0.3, -0.25) is 23.7 Å². The quantitative estimate of drug-likeness (QED) is 0.288. The number of carbonyl (C=O) groups is 1. The maximum atomic E-state index is 13.6. The van der Waals surface area contributed by atoms with Crippen LogP contribution < -0.4 is 20.9 Å². The Balaban J connectivity index is 1.73. The number of ether oxygens (including phenoxy) is 3. The van der Waals surface area contributed by atoms with Gasteiger partial charge in [-0.2, -0.15) is 0 Å². The van der Waals surface area contributed by atoms with Crippen molar-refractivity contribution in [2.75, 3.05) is 6.35 Å². The van der Waals surface area contributed by atoms with Crippen LogP contribution in [0.2, 0.25) is 0 Å². The minimum atomic E-state index is -3.86. The summed E-state index contributed by atoms with van der Waals surface area (Å²) in [4.78, 5) is 38.3. The summed E-state index contributed by atoms with van der Waals surface area (Å²) >= 11 is 0. The van der Waals surface area contributed by atoms with Crippen LogP contribution >= 0.6 is 7.52 Å². The van der Waals surface area contributed by atoms with E-state index >= 15 is 0 Å². The molecular formula is C22H28N3O8P. The van der Waals surface area contributed by atoms with Gasteiger partial charge in [-0.15, -0.1) is 0 Å². The average molecular weight is 496 g/mol. The molecule has 4 atom stereocenters. The summed E-state index contributed by atoms with van der Waals surface area (Å²) in [6.45, 7) is 2.09. The molecule has 1 aromatic heterocycles. The first-order valence-electron chi connectivity index (χ1n) is 11.9. The molecule has 0 saturated carbocycles. The summed E-state index contributed by atoms with van der Waals surface area (Å²) in [6, 6.07) is 7.28. The molecule has 0 radical (unpaired) electrons. The average Bonchev–Trinajstić information content (AvgIpc) is 3.26. The molecule has 0 saturated heterocycles. The van der Waals surface area contributed by atoms with Gasteiger partial charge in [0.25, 0.3) is 5.56 Å². The highest BCUT2D eigenvalue weighted by Crippen LogP contribution is 2.44. The van der Waals surface area contributed by atoms with Crippen LogP contribution in [0.15, 0.2) is 58.3 Å². The third-order valence-corrected chi connectivity index (χ3v) is 6.22. The number of hydrogen-bond acceptors (Lipinski definition) is 8. The molecule has 2 N–H and O–H groups in total. The fourth-order valence-electron chi connectivity index (χ4n) is 2.94. The number of esters is 1. The topological polar surface area (TPSA) is 138 Å². The molecule has 1 aromatic carbocycles. The Morgan fingerprint density at radius 2 is 2.00 bits per heavy atom. The molecule has 0 spiro atoms. The third kappa shape index (κ3) is 6.77. The highest BCUT2D eigenvalue weighted by Gasteiger charge is 2.33. The molecule has 184 valence electrons. The standard InChI is InChI=1S/C22H28N3O8P/c1-14(2)31-21(27)16(4)24-34(29,33-17-8-6-5-7-9-17)13-30-19-11-10-18(32-19)25-12-15(3)20(26)23-22(25)28/h5-12,14,16,18-19H,13H2,1-4H3,(H,24,29)(H,23,26,28)/t16-,18+,19-,34?/m0/s1/i3D3. The third-order valence-electron chi connectivity index (χ3n) is 4.45. The Hall–Kier alpha value is -2.98. The van der Waals surface area contributed by atoms with Gasteiger partial charge in [0.15, 0.2) is 18.9 Å². The SMILES string of the molecule is [2H]C([2H])([2H])c1cn([C@H]2C=C[C@@H](OCP(=O)(N[C@@H](C)C(=O)OC(C)C)Oc3ccccc3)O2)c(=O)[nH]c1=O. The van der Waals surface area contributed by atoms with Gasteiger partial charge in [0.1, 0.15) is 11.8 Å². The summed E-state index contributed by atoms with van der Waals surface area (Å²) in [5.41, 5.74) is -2.49. The van der Waals surface area contributed by atoms with Gasteiger partial charge in [0, 0.05) is 15.9 Å². The van der Waals surface area contributed by atoms with Crippen molar-refractivity contribution in [3.63, 3.8) is 0 Å². The molecule has 1 aliphatic heterocycles. The highest BCUT2D eigenvalue weighted by atomic mass is 31.2. The summed E-state index contributed by atoms with van der Waals surface area (Å²) in [6.07, 6.45) is 0.610. The molecule has 1 aliphatic rings. The summed E-state index contributed by atoms with van der Waals surface area (Å²) in [5, 5.41) is 2.65. The van der Waals surface area contributed by atoms with Crippen molar-refractivity contribution < 1.29 is 32.2 Å². The van der Waals surface area contributed by atoms with E-state index in [4.69, 9.17) is 22.8 Å². The number of hydrogen-bond donors (Lipinski definition) is 2. The number of aromatic amines is 1. The molecule has 2 aromatic rings. The van der Waals surface area contributed by atoms with E-state index in [9.17, 15) is 18.9 Å². The minimum Gasteiger partial charge on any atom is -0.462 e. The number of H-pyrrole nitrogens is 1. The van der Waals surface area contributed by atoms with Gasteiger partial charge >= 0.3 is 19.2 Å². The number of carbonyl (C=O) groups excluding carboxylic acids is 1. The van der Waals surface area contributed by atoms with Crippen LogP contribution in [0.25, 0.3) is 0 Å². The summed E-state index contributed by atoms with van der Waals surface area (Å²) in [5.74, 6) is -0.365. The van der Waals surface area contributed by atoms with Crippen molar-refractivity contribution >= 4 is 13.5 Å². The Kier molecular flexibility index (Phi) is 6.95. The monoisotopic (exact) mass is 496 g/mol. The fourth-order valence-corrected chi connectivity index (χ4v) is 4.62. The molecular weight excluding hydrogens is 465 g/mol. The van der Waals surface area contributed by atoms with Crippen LogP contribution in [-0.2, 0) is 23.6 Å². The molecule has 1 unspecified atom stereocenters. The van der Waals surface area contributed by atoms with E-state index in [2.05, 4.69) is 5.09 Å². The Labute approximate surface area is 200 Å². The lowest BCUT2D eigenvalue weighted by molar-refractivity contribution is -0.149.